The molecule has 1 unspecified atom stereocenters. The number of aryl methyl sites for hydroxylation is 3. The van der Waals surface area contributed by atoms with E-state index in [1.54, 1.807) is 0 Å². The van der Waals surface area contributed by atoms with Crippen LogP contribution in [0.4, 0.5) is 5.69 Å². The first-order valence-corrected chi connectivity index (χ1v) is 7.00. The van der Waals surface area contributed by atoms with Gasteiger partial charge in [0.2, 0.25) is 0 Å². The average Bonchev–Trinajstić information content (AvgIpc) is 2.36. The lowest BCUT2D eigenvalue weighted by molar-refractivity contribution is 0.749. The summed E-state index contributed by atoms with van der Waals surface area (Å²) in [6, 6.07) is 15.8. The zero-order chi connectivity index (χ0) is 13.8. The highest BCUT2D eigenvalue weighted by molar-refractivity contribution is 5.50. The third kappa shape index (κ3) is 3.60. The second-order valence-corrected chi connectivity index (χ2v) is 5.39. The Hall–Kier alpha value is -1.76. The molecule has 0 aliphatic carbocycles. The van der Waals surface area contributed by atoms with Crippen LogP contribution in [0.15, 0.2) is 42.5 Å². The first kappa shape index (κ1) is 13.7. The van der Waals surface area contributed by atoms with Gasteiger partial charge in [0, 0.05) is 5.69 Å². The maximum absolute atomic E-state index is 3.65. The van der Waals surface area contributed by atoms with E-state index in [0.717, 1.165) is 6.42 Å². The maximum Gasteiger partial charge on any atom is 0.0511 e. The monoisotopic (exact) mass is 253 g/mol. The van der Waals surface area contributed by atoms with Gasteiger partial charge in [0.15, 0.2) is 0 Å². The highest BCUT2D eigenvalue weighted by Crippen LogP contribution is 2.24. The van der Waals surface area contributed by atoms with E-state index in [9.17, 15) is 0 Å². The molecule has 100 valence electrons. The number of hydrogen-bond donors (Lipinski definition) is 1. The number of benzene rings is 2. The van der Waals surface area contributed by atoms with Gasteiger partial charge in [-0.05, 0) is 56.0 Å². The molecule has 2 rings (SSSR count). The third-order valence-corrected chi connectivity index (χ3v) is 3.45. The van der Waals surface area contributed by atoms with Crippen molar-refractivity contribution >= 4 is 5.69 Å². The number of rotatable bonds is 4. The van der Waals surface area contributed by atoms with Crippen molar-refractivity contribution in [1.82, 2.24) is 0 Å². The summed E-state index contributed by atoms with van der Waals surface area (Å²) in [6.45, 7) is 8.64. The summed E-state index contributed by atoms with van der Waals surface area (Å²) in [5.74, 6) is 0. The van der Waals surface area contributed by atoms with Crippen molar-refractivity contribution in [2.45, 2.75) is 40.2 Å². The molecule has 1 atom stereocenters. The van der Waals surface area contributed by atoms with Gasteiger partial charge in [0.25, 0.3) is 0 Å². The van der Waals surface area contributed by atoms with Crippen LogP contribution in [0.5, 0.6) is 0 Å². The van der Waals surface area contributed by atoms with E-state index < -0.39 is 0 Å². The van der Waals surface area contributed by atoms with Crippen molar-refractivity contribution in [1.29, 1.82) is 0 Å². The van der Waals surface area contributed by atoms with E-state index in [-0.39, 0.29) is 0 Å². The fraction of sp³-hybridized carbons (Fsp3) is 0.333. The first-order valence-electron chi connectivity index (χ1n) is 7.00. The minimum Gasteiger partial charge on any atom is -0.378 e. The highest BCUT2D eigenvalue weighted by Gasteiger charge is 2.09. The Labute approximate surface area is 116 Å². The van der Waals surface area contributed by atoms with E-state index in [1.807, 2.05) is 0 Å². The van der Waals surface area contributed by atoms with E-state index in [4.69, 9.17) is 0 Å². The summed E-state index contributed by atoms with van der Waals surface area (Å²) in [4.78, 5) is 0. The second-order valence-electron chi connectivity index (χ2n) is 5.39. The SMILES string of the molecule is CCC(Nc1cc(C)cc(C)c1)c1ccc(C)cc1. The zero-order valence-electron chi connectivity index (χ0n) is 12.3. The molecule has 0 aliphatic heterocycles. The Morgan fingerprint density at radius 2 is 1.42 bits per heavy atom. The normalized spacial score (nSPS) is 12.2. The molecule has 0 spiro atoms. The van der Waals surface area contributed by atoms with Gasteiger partial charge in [0.05, 0.1) is 6.04 Å². The average molecular weight is 253 g/mol. The van der Waals surface area contributed by atoms with Gasteiger partial charge in [-0.3, -0.25) is 0 Å². The molecule has 1 N–H and O–H groups in total. The van der Waals surface area contributed by atoms with Gasteiger partial charge < -0.3 is 5.32 Å². The van der Waals surface area contributed by atoms with Crippen molar-refractivity contribution in [2.75, 3.05) is 5.32 Å². The predicted molar refractivity (Wildman–Crippen MR) is 83.7 cm³/mol. The lowest BCUT2D eigenvalue weighted by Gasteiger charge is -2.20. The van der Waals surface area contributed by atoms with Crippen LogP contribution in [0.3, 0.4) is 0 Å². The maximum atomic E-state index is 3.65. The summed E-state index contributed by atoms with van der Waals surface area (Å²) in [6.07, 6.45) is 1.08. The van der Waals surface area contributed by atoms with E-state index in [1.165, 1.54) is 27.9 Å². The number of anilines is 1. The van der Waals surface area contributed by atoms with E-state index in [2.05, 4.69) is 75.5 Å². The molecule has 0 aromatic heterocycles. The molecule has 1 nitrogen and oxygen atoms in total. The molecule has 2 aromatic carbocycles. The van der Waals surface area contributed by atoms with Crippen LogP contribution < -0.4 is 5.32 Å². The zero-order valence-corrected chi connectivity index (χ0v) is 12.3. The molecule has 0 saturated carbocycles. The van der Waals surface area contributed by atoms with Crippen LogP contribution in [0.25, 0.3) is 0 Å². The molecule has 0 fully saturated rings. The molecule has 0 saturated heterocycles. The summed E-state index contributed by atoms with van der Waals surface area (Å²) in [5.41, 5.74) is 6.49. The van der Waals surface area contributed by atoms with Crippen molar-refractivity contribution < 1.29 is 0 Å². The van der Waals surface area contributed by atoms with E-state index >= 15 is 0 Å². The fourth-order valence-corrected chi connectivity index (χ4v) is 2.48. The van der Waals surface area contributed by atoms with Gasteiger partial charge in [-0.15, -0.1) is 0 Å². The minimum atomic E-state index is 0.377. The van der Waals surface area contributed by atoms with Gasteiger partial charge >= 0.3 is 0 Å². The van der Waals surface area contributed by atoms with Gasteiger partial charge in [-0.2, -0.15) is 0 Å². The smallest absolute Gasteiger partial charge is 0.0511 e. The number of hydrogen-bond acceptors (Lipinski definition) is 1. The molecule has 0 amide bonds. The van der Waals surface area contributed by atoms with Gasteiger partial charge in [-0.25, -0.2) is 0 Å². The standard InChI is InChI=1S/C18H23N/c1-5-18(16-8-6-13(2)7-9-16)19-17-11-14(3)10-15(4)12-17/h6-12,18-19H,5H2,1-4H3. The Kier molecular flexibility index (Phi) is 4.26. The summed E-state index contributed by atoms with van der Waals surface area (Å²) in [5, 5.41) is 3.65. The molecule has 1 heteroatoms. The number of nitrogens with one attached hydrogen (secondary N) is 1. The van der Waals surface area contributed by atoms with Crippen molar-refractivity contribution in [2.24, 2.45) is 0 Å². The van der Waals surface area contributed by atoms with Crippen LogP contribution in [0, 0.1) is 20.8 Å². The van der Waals surface area contributed by atoms with Crippen LogP contribution in [0.1, 0.15) is 41.6 Å². The Balaban J connectivity index is 2.21. The quantitative estimate of drug-likeness (QED) is 0.792. The lowest BCUT2D eigenvalue weighted by Crippen LogP contribution is -2.09. The van der Waals surface area contributed by atoms with Gasteiger partial charge in [0.1, 0.15) is 0 Å². The fourth-order valence-electron chi connectivity index (χ4n) is 2.48. The molecule has 0 bridgehead atoms. The first-order chi connectivity index (χ1) is 9.08. The highest BCUT2D eigenvalue weighted by atomic mass is 14.9. The summed E-state index contributed by atoms with van der Waals surface area (Å²) in [7, 11) is 0. The van der Waals surface area contributed by atoms with Crippen LogP contribution >= 0.6 is 0 Å². The second kappa shape index (κ2) is 5.92. The molecular weight excluding hydrogens is 230 g/mol. The summed E-state index contributed by atoms with van der Waals surface area (Å²) >= 11 is 0. The van der Waals surface area contributed by atoms with Crippen molar-refractivity contribution in [3.63, 3.8) is 0 Å². The van der Waals surface area contributed by atoms with E-state index in [0.29, 0.717) is 6.04 Å². The van der Waals surface area contributed by atoms with Crippen LogP contribution in [-0.4, -0.2) is 0 Å². The predicted octanol–water partition coefficient (Wildman–Crippen LogP) is 5.18. The van der Waals surface area contributed by atoms with Crippen molar-refractivity contribution in [3.8, 4) is 0 Å². The minimum absolute atomic E-state index is 0.377. The third-order valence-electron chi connectivity index (χ3n) is 3.45. The molecule has 19 heavy (non-hydrogen) atoms. The topological polar surface area (TPSA) is 12.0 Å². The molecule has 0 radical (unpaired) electrons. The van der Waals surface area contributed by atoms with Crippen LogP contribution in [-0.2, 0) is 0 Å². The summed E-state index contributed by atoms with van der Waals surface area (Å²) < 4.78 is 0. The molecular formula is C18H23N. The molecule has 0 heterocycles. The molecule has 2 aromatic rings. The Morgan fingerprint density at radius 1 is 0.842 bits per heavy atom. The van der Waals surface area contributed by atoms with Crippen LogP contribution in [0.2, 0.25) is 0 Å². The lowest BCUT2D eigenvalue weighted by atomic mass is 10.0. The Bertz CT molecular complexity index is 520. The van der Waals surface area contributed by atoms with Crippen molar-refractivity contribution in [3.05, 3.63) is 64.7 Å². The largest absolute Gasteiger partial charge is 0.378 e. The Morgan fingerprint density at radius 3 is 1.95 bits per heavy atom. The molecule has 0 aliphatic rings. The van der Waals surface area contributed by atoms with Gasteiger partial charge in [-0.1, -0.05) is 42.8 Å².